The number of rotatable bonds is 6. The monoisotopic (exact) mass is 331 g/mol. The molecule has 0 bridgehead atoms. The molecular formula is C17H21N3O4. The van der Waals surface area contributed by atoms with E-state index in [1.165, 1.54) is 6.20 Å². The highest BCUT2D eigenvalue weighted by atomic mass is 16.5. The van der Waals surface area contributed by atoms with Crippen molar-refractivity contribution in [2.75, 3.05) is 12.3 Å². The van der Waals surface area contributed by atoms with Gasteiger partial charge in [-0.1, -0.05) is 30.3 Å². The highest BCUT2D eigenvalue weighted by Crippen LogP contribution is 2.19. The molecule has 0 aliphatic carbocycles. The minimum atomic E-state index is -1.21. The lowest BCUT2D eigenvalue weighted by molar-refractivity contribution is 0.0182. The van der Waals surface area contributed by atoms with Crippen molar-refractivity contribution < 1.29 is 19.7 Å². The van der Waals surface area contributed by atoms with Crippen molar-refractivity contribution in [1.29, 1.82) is 0 Å². The van der Waals surface area contributed by atoms with Crippen LogP contribution in [0.4, 0.5) is 10.5 Å². The van der Waals surface area contributed by atoms with E-state index in [0.29, 0.717) is 16.9 Å². The van der Waals surface area contributed by atoms with Crippen molar-refractivity contribution in [1.82, 2.24) is 10.3 Å². The maximum atomic E-state index is 11.6. The number of pyridine rings is 1. The van der Waals surface area contributed by atoms with Gasteiger partial charge in [-0.25, -0.2) is 4.79 Å². The predicted molar refractivity (Wildman–Crippen MR) is 89.0 cm³/mol. The number of ether oxygens (including phenoxy) is 1. The van der Waals surface area contributed by atoms with Gasteiger partial charge in [0, 0.05) is 18.3 Å². The van der Waals surface area contributed by atoms with Crippen LogP contribution in [0.5, 0.6) is 0 Å². The molecule has 0 saturated carbocycles. The third kappa shape index (κ3) is 4.94. The molecule has 128 valence electrons. The molecule has 7 nitrogen and oxygen atoms in total. The van der Waals surface area contributed by atoms with Crippen molar-refractivity contribution in [3.63, 3.8) is 0 Å². The average Bonchev–Trinajstić information content (AvgIpc) is 2.60. The Bertz CT molecular complexity index is 679. The normalized spacial score (nSPS) is 13.1. The Balaban J connectivity index is 1.80. The summed E-state index contributed by atoms with van der Waals surface area (Å²) in [6.45, 7) is 1.71. The standard InChI is InChI=1S/C17H21N3O4/c1-11-14(18)7-13(8-19-11)16(22)15(21)9-20-17(23)24-10-12-5-3-2-4-6-12/h2-8,15-16,21-22H,9-10,18H2,1H3,(H,20,23). The third-order valence-electron chi connectivity index (χ3n) is 3.52. The van der Waals surface area contributed by atoms with Crippen molar-refractivity contribution in [3.8, 4) is 0 Å². The summed E-state index contributed by atoms with van der Waals surface area (Å²) in [6.07, 6.45) is -1.66. The first kappa shape index (κ1) is 17.7. The summed E-state index contributed by atoms with van der Waals surface area (Å²) < 4.78 is 5.02. The number of benzene rings is 1. The molecule has 24 heavy (non-hydrogen) atoms. The predicted octanol–water partition coefficient (Wildman–Crippen LogP) is 1.29. The van der Waals surface area contributed by atoms with E-state index < -0.39 is 18.3 Å². The number of nitrogens with two attached hydrogens (primary N) is 1. The maximum Gasteiger partial charge on any atom is 0.407 e. The van der Waals surface area contributed by atoms with Crippen LogP contribution in [0, 0.1) is 6.92 Å². The van der Waals surface area contributed by atoms with Gasteiger partial charge in [-0.3, -0.25) is 4.98 Å². The second kappa shape index (κ2) is 8.28. The van der Waals surface area contributed by atoms with Crippen LogP contribution in [0.1, 0.15) is 22.9 Å². The molecule has 1 aromatic carbocycles. The van der Waals surface area contributed by atoms with Crippen LogP contribution in [0.2, 0.25) is 0 Å². The highest BCUT2D eigenvalue weighted by molar-refractivity contribution is 5.67. The summed E-state index contributed by atoms with van der Waals surface area (Å²) in [6, 6.07) is 10.8. The van der Waals surface area contributed by atoms with E-state index in [1.807, 2.05) is 30.3 Å². The van der Waals surface area contributed by atoms with E-state index in [4.69, 9.17) is 10.5 Å². The molecule has 7 heteroatoms. The van der Waals surface area contributed by atoms with E-state index in [0.717, 1.165) is 5.56 Å². The van der Waals surface area contributed by atoms with Crippen molar-refractivity contribution in [2.24, 2.45) is 0 Å². The Morgan fingerprint density at radius 3 is 2.71 bits per heavy atom. The molecule has 0 radical (unpaired) electrons. The van der Waals surface area contributed by atoms with E-state index in [9.17, 15) is 15.0 Å². The highest BCUT2D eigenvalue weighted by Gasteiger charge is 2.20. The third-order valence-corrected chi connectivity index (χ3v) is 3.52. The summed E-state index contributed by atoms with van der Waals surface area (Å²) in [7, 11) is 0. The number of carbonyl (C=O) groups is 1. The Kier molecular flexibility index (Phi) is 6.11. The zero-order valence-corrected chi connectivity index (χ0v) is 13.3. The van der Waals surface area contributed by atoms with Crippen LogP contribution in [0.3, 0.4) is 0 Å². The van der Waals surface area contributed by atoms with Crippen LogP contribution < -0.4 is 11.1 Å². The van der Waals surface area contributed by atoms with Gasteiger partial charge < -0.3 is 26.0 Å². The molecule has 0 fully saturated rings. The van der Waals surface area contributed by atoms with Gasteiger partial charge in [-0.05, 0) is 18.6 Å². The molecule has 1 amide bonds. The molecule has 0 aliphatic rings. The number of alkyl carbamates (subject to hydrolysis) is 1. The van der Waals surface area contributed by atoms with Gasteiger partial charge in [0.25, 0.3) is 0 Å². The molecule has 1 heterocycles. The first-order chi connectivity index (χ1) is 11.5. The number of nitrogens with one attached hydrogen (secondary N) is 1. The summed E-state index contributed by atoms with van der Waals surface area (Å²) in [4.78, 5) is 15.7. The Labute approximate surface area is 140 Å². The Morgan fingerprint density at radius 1 is 1.33 bits per heavy atom. The second-order valence-corrected chi connectivity index (χ2v) is 5.40. The largest absolute Gasteiger partial charge is 0.445 e. The molecule has 1 aromatic heterocycles. The van der Waals surface area contributed by atoms with Crippen LogP contribution >= 0.6 is 0 Å². The summed E-state index contributed by atoms with van der Waals surface area (Å²) >= 11 is 0. The minimum Gasteiger partial charge on any atom is -0.445 e. The lowest BCUT2D eigenvalue weighted by Gasteiger charge is -2.19. The number of hydrogen-bond acceptors (Lipinski definition) is 6. The summed E-state index contributed by atoms with van der Waals surface area (Å²) in [5, 5.41) is 22.5. The number of nitrogen functional groups attached to an aromatic ring is 1. The molecule has 2 aromatic rings. The topological polar surface area (TPSA) is 118 Å². The van der Waals surface area contributed by atoms with E-state index in [-0.39, 0.29) is 13.2 Å². The zero-order valence-electron chi connectivity index (χ0n) is 13.3. The molecule has 0 aliphatic heterocycles. The molecule has 0 spiro atoms. The van der Waals surface area contributed by atoms with E-state index in [1.54, 1.807) is 13.0 Å². The fraction of sp³-hybridized carbons (Fsp3) is 0.294. The number of hydrogen-bond donors (Lipinski definition) is 4. The number of aryl methyl sites for hydroxylation is 1. The van der Waals surface area contributed by atoms with Crippen LogP contribution in [-0.2, 0) is 11.3 Å². The van der Waals surface area contributed by atoms with E-state index in [2.05, 4.69) is 10.3 Å². The number of amides is 1. The van der Waals surface area contributed by atoms with Crippen molar-refractivity contribution in [3.05, 3.63) is 59.4 Å². The molecular weight excluding hydrogens is 310 g/mol. The molecule has 2 rings (SSSR count). The fourth-order valence-corrected chi connectivity index (χ4v) is 2.02. The van der Waals surface area contributed by atoms with Gasteiger partial charge in [0.05, 0.1) is 11.4 Å². The first-order valence-electron chi connectivity index (χ1n) is 7.50. The molecule has 2 unspecified atom stereocenters. The van der Waals surface area contributed by atoms with Crippen molar-refractivity contribution >= 4 is 11.8 Å². The number of aliphatic hydroxyl groups is 2. The number of aliphatic hydroxyl groups excluding tert-OH is 2. The second-order valence-electron chi connectivity index (χ2n) is 5.40. The lowest BCUT2D eigenvalue weighted by Crippen LogP contribution is -2.35. The quantitative estimate of drug-likeness (QED) is 0.633. The Hall–Kier alpha value is -2.64. The van der Waals surface area contributed by atoms with Gasteiger partial charge in [-0.2, -0.15) is 0 Å². The number of nitrogens with zero attached hydrogens (tertiary/aromatic N) is 1. The average molecular weight is 331 g/mol. The van der Waals surface area contributed by atoms with Crippen LogP contribution in [0.25, 0.3) is 0 Å². The summed E-state index contributed by atoms with van der Waals surface area (Å²) in [5.74, 6) is 0. The summed E-state index contributed by atoms with van der Waals surface area (Å²) in [5.41, 5.74) is 8.03. The van der Waals surface area contributed by atoms with Gasteiger partial charge >= 0.3 is 6.09 Å². The molecule has 5 N–H and O–H groups in total. The SMILES string of the molecule is Cc1ncc(C(O)C(O)CNC(=O)OCc2ccccc2)cc1N. The number of anilines is 1. The number of carbonyl (C=O) groups excluding carboxylic acids is 1. The lowest BCUT2D eigenvalue weighted by atomic mass is 10.1. The molecule has 0 saturated heterocycles. The zero-order chi connectivity index (χ0) is 17.5. The van der Waals surface area contributed by atoms with Gasteiger partial charge in [0.2, 0.25) is 0 Å². The van der Waals surface area contributed by atoms with Crippen LogP contribution in [-0.4, -0.2) is 33.9 Å². The smallest absolute Gasteiger partial charge is 0.407 e. The molecule has 2 atom stereocenters. The van der Waals surface area contributed by atoms with Crippen LogP contribution in [0.15, 0.2) is 42.6 Å². The maximum absolute atomic E-state index is 11.6. The van der Waals surface area contributed by atoms with Gasteiger partial charge in [-0.15, -0.1) is 0 Å². The minimum absolute atomic E-state index is 0.129. The Morgan fingerprint density at radius 2 is 2.04 bits per heavy atom. The fourth-order valence-electron chi connectivity index (χ4n) is 2.02. The number of aromatic nitrogens is 1. The van der Waals surface area contributed by atoms with Gasteiger partial charge in [0.15, 0.2) is 0 Å². The van der Waals surface area contributed by atoms with Crippen molar-refractivity contribution in [2.45, 2.75) is 25.7 Å². The van der Waals surface area contributed by atoms with E-state index >= 15 is 0 Å². The van der Waals surface area contributed by atoms with Gasteiger partial charge in [0.1, 0.15) is 18.8 Å². The first-order valence-corrected chi connectivity index (χ1v) is 7.50.